The number of aryl methyl sites for hydroxylation is 2. The van der Waals surface area contributed by atoms with E-state index in [1.807, 2.05) is 30.3 Å². The molecule has 4 aromatic carbocycles. The zero-order valence-corrected chi connectivity index (χ0v) is 38.7. The predicted molar refractivity (Wildman–Crippen MR) is 254 cm³/mol. The summed E-state index contributed by atoms with van der Waals surface area (Å²) in [5, 5.41) is 15.9. The van der Waals surface area contributed by atoms with Crippen LogP contribution >= 0.6 is 0 Å². The first-order chi connectivity index (χ1) is 30.7. The highest BCUT2D eigenvalue weighted by molar-refractivity contribution is 5.86. The van der Waals surface area contributed by atoms with Crippen molar-refractivity contribution in [3.63, 3.8) is 0 Å². The average Bonchev–Trinajstić information content (AvgIpc) is 3.90. The number of benzene rings is 4. The molecule has 0 unspecified atom stereocenters. The van der Waals surface area contributed by atoms with Gasteiger partial charge in [-0.05, 0) is 115 Å². The summed E-state index contributed by atoms with van der Waals surface area (Å²) in [5.41, 5.74) is 13.0. The van der Waals surface area contributed by atoms with E-state index in [1.165, 1.54) is 58.2 Å². The van der Waals surface area contributed by atoms with Gasteiger partial charge in [0.05, 0.1) is 54.3 Å². The summed E-state index contributed by atoms with van der Waals surface area (Å²) in [5.74, 6) is 3.46. The lowest BCUT2D eigenvalue weighted by Gasteiger charge is -2.25. The normalized spacial score (nSPS) is 11.6. The number of furan rings is 1. The Bertz CT molecular complexity index is 2770. The van der Waals surface area contributed by atoms with Gasteiger partial charge < -0.3 is 28.5 Å². The number of methoxy groups -OCH3 is 1. The van der Waals surface area contributed by atoms with Gasteiger partial charge in [0.2, 0.25) is 5.95 Å². The van der Waals surface area contributed by atoms with E-state index >= 15 is 0 Å². The summed E-state index contributed by atoms with van der Waals surface area (Å²) < 4.78 is 26.7. The lowest BCUT2D eigenvalue weighted by Crippen LogP contribution is -2.13. The zero-order valence-electron chi connectivity index (χ0n) is 38.7. The van der Waals surface area contributed by atoms with Gasteiger partial charge in [-0.15, -0.1) is 0 Å². The molecule has 0 saturated carbocycles. The lowest BCUT2D eigenvalue weighted by atomic mass is 9.83. The molecule has 0 aliphatic rings. The molecule has 64 heavy (non-hydrogen) atoms. The van der Waals surface area contributed by atoms with Crippen LogP contribution in [0.15, 0.2) is 89.7 Å². The predicted octanol–water partition coefficient (Wildman–Crippen LogP) is 12.9. The first-order valence-corrected chi connectivity index (χ1v) is 22.2. The molecule has 3 aromatic heterocycles. The van der Waals surface area contributed by atoms with Crippen molar-refractivity contribution in [2.45, 2.75) is 106 Å². The number of nitrogens with one attached hydrogen (secondary N) is 1. The van der Waals surface area contributed by atoms with Crippen molar-refractivity contribution in [1.29, 1.82) is 0 Å². The van der Waals surface area contributed by atoms with E-state index in [1.54, 1.807) is 18.5 Å². The number of imidazole rings is 1. The number of nitrogens with zero attached hydrogens (tertiary/aromatic N) is 5. The van der Waals surface area contributed by atoms with Gasteiger partial charge >= 0.3 is 0 Å². The fourth-order valence-corrected chi connectivity index (χ4v) is 8.51. The van der Waals surface area contributed by atoms with Crippen molar-refractivity contribution in [3.8, 4) is 34.1 Å². The number of rotatable bonds is 19. The van der Waals surface area contributed by atoms with Gasteiger partial charge in [0, 0.05) is 41.3 Å². The summed E-state index contributed by atoms with van der Waals surface area (Å²) in [6, 6.07) is 22.9. The highest BCUT2D eigenvalue weighted by Gasteiger charge is 2.25. The molecule has 0 bridgehead atoms. The molecule has 0 amide bonds. The Hall–Kier alpha value is -6.53. The topological polar surface area (TPSA) is 140 Å². The maximum Gasteiger partial charge on any atom is 0.271 e. The van der Waals surface area contributed by atoms with Crippen molar-refractivity contribution in [3.05, 3.63) is 140 Å². The molecule has 7 rings (SSSR count). The maximum atomic E-state index is 11.7. The summed E-state index contributed by atoms with van der Waals surface area (Å²) in [6.07, 6.45) is 5.37. The Morgan fingerprint density at radius 1 is 0.812 bits per heavy atom. The van der Waals surface area contributed by atoms with Crippen molar-refractivity contribution in [1.82, 2.24) is 19.5 Å². The number of hydrogen-bond acceptors (Lipinski definition) is 10. The third kappa shape index (κ3) is 9.82. The van der Waals surface area contributed by atoms with E-state index in [0.29, 0.717) is 66.6 Å². The third-order valence-corrected chi connectivity index (χ3v) is 12.1. The number of hydrogen-bond donors (Lipinski definition) is 1. The average molecular weight is 865 g/mol. The van der Waals surface area contributed by atoms with E-state index in [4.69, 9.17) is 28.6 Å². The summed E-state index contributed by atoms with van der Waals surface area (Å²) in [4.78, 5) is 26.1. The molecule has 12 heteroatoms. The second-order valence-electron chi connectivity index (χ2n) is 17.3. The number of nitro groups is 1. The number of nitro benzene ring substituents is 1. The summed E-state index contributed by atoms with van der Waals surface area (Å²) in [7, 11) is 1.51. The largest absolute Gasteiger partial charge is 0.495 e. The van der Waals surface area contributed by atoms with E-state index in [2.05, 4.69) is 101 Å². The monoisotopic (exact) mass is 864 g/mol. The van der Waals surface area contributed by atoms with E-state index in [-0.39, 0.29) is 18.4 Å². The van der Waals surface area contributed by atoms with E-state index in [0.717, 1.165) is 40.2 Å². The minimum atomic E-state index is -0.453. The van der Waals surface area contributed by atoms with Crippen LogP contribution in [0.5, 0.6) is 11.5 Å². The van der Waals surface area contributed by atoms with Gasteiger partial charge in [0.1, 0.15) is 29.6 Å². The van der Waals surface area contributed by atoms with Gasteiger partial charge in [-0.1, -0.05) is 71.9 Å². The molecule has 3 heterocycles. The second-order valence-corrected chi connectivity index (χ2v) is 17.3. The second kappa shape index (κ2) is 19.9. The van der Waals surface area contributed by atoms with Crippen molar-refractivity contribution >= 4 is 28.3 Å². The highest BCUT2D eigenvalue weighted by atomic mass is 16.6. The van der Waals surface area contributed by atoms with Crippen molar-refractivity contribution in [2.75, 3.05) is 25.6 Å². The first-order valence-electron chi connectivity index (χ1n) is 22.2. The number of ether oxygens (including phenoxy) is 3. The fourth-order valence-electron chi connectivity index (χ4n) is 8.51. The Kier molecular flexibility index (Phi) is 14.1. The lowest BCUT2D eigenvalue weighted by molar-refractivity contribution is -0.384. The van der Waals surface area contributed by atoms with Crippen molar-refractivity contribution < 1.29 is 23.6 Å². The molecule has 0 aliphatic heterocycles. The van der Waals surface area contributed by atoms with Crippen LogP contribution in [0.4, 0.5) is 17.3 Å². The zero-order chi connectivity index (χ0) is 45.7. The standard InChI is InChI=1S/C52H60N6O6/c1-31(2)41-18-20-45(49(33(5)6)48(41)32(3)4)63-25-11-12-47-56-50(39-16-15-38-23-27-64-46(38)28-39)51(57(47)30-62-26-22-37-14-13-34(7)35(8)36(37)9)42-21-24-53-52(54-42)55-43-29-40(58(59)60)17-19-44(43)61-10/h13-21,23-24,27-29,31-33H,11-12,22,25-26,30H2,1-10H3,(H,53,54,55). The number of non-ortho nitro benzene ring substituents is 1. The molecule has 0 atom stereocenters. The first kappa shape index (κ1) is 45.5. The number of aromatic nitrogens is 4. The maximum absolute atomic E-state index is 11.7. The number of anilines is 2. The summed E-state index contributed by atoms with van der Waals surface area (Å²) >= 11 is 0. The molecule has 0 aliphatic carbocycles. The molecule has 7 aromatic rings. The molecular formula is C52H60N6O6. The minimum absolute atomic E-state index is 0.0942. The minimum Gasteiger partial charge on any atom is -0.495 e. The molecule has 0 saturated heterocycles. The molecule has 12 nitrogen and oxygen atoms in total. The number of fused-ring (bicyclic) bond motifs is 1. The van der Waals surface area contributed by atoms with Crippen molar-refractivity contribution in [2.24, 2.45) is 0 Å². The highest BCUT2D eigenvalue weighted by Crippen LogP contribution is 2.40. The van der Waals surface area contributed by atoms with Gasteiger partial charge in [0.25, 0.3) is 5.69 Å². The van der Waals surface area contributed by atoms with E-state index < -0.39 is 4.92 Å². The fraction of sp³-hybridized carbons (Fsp3) is 0.365. The van der Waals surface area contributed by atoms with Crippen LogP contribution in [0.1, 0.15) is 110 Å². The van der Waals surface area contributed by atoms with Gasteiger partial charge in [-0.2, -0.15) is 0 Å². The molecule has 0 fully saturated rings. The van der Waals surface area contributed by atoms with Crippen LogP contribution in [-0.2, 0) is 24.3 Å². The molecule has 0 radical (unpaired) electrons. The quantitative estimate of drug-likeness (QED) is 0.0474. The van der Waals surface area contributed by atoms with Crippen LogP contribution in [0.2, 0.25) is 0 Å². The molecular weight excluding hydrogens is 805 g/mol. The SMILES string of the molecule is COc1ccc([N+](=O)[O-])cc1Nc1nccc(-c2c(-c3ccc4ccoc4c3)nc(CCCOc3ccc(C(C)C)c(C(C)C)c3C(C)C)n2COCCc2ccc(C)c(C)c2C)n1. The van der Waals surface area contributed by atoms with Crippen LogP contribution < -0.4 is 14.8 Å². The Balaban J connectivity index is 1.27. The summed E-state index contributed by atoms with van der Waals surface area (Å²) in [6.45, 7) is 21.2. The smallest absolute Gasteiger partial charge is 0.271 e. The van der Waals surface area contributed by atoms with Gasteiger partial charge in [-0.25, -0.2) is 15.0 Å². The van der Waals surface area contributed by atoms with Crippen LogP contribution in [-0.4, -0.2) is 44.8 Å². The van der Waals surface area contributed by atoms with Gasteiger partial charge in [-0.3, -0.25) is 10.1 Å². The molecule has 0 spiro atoms. The van der Waals surface area contributed by atoms with Crippen LogP contribution in [0, 0.1) is 30.9 Å². The van der Waals surface area contributed by atoms with Crippen LogP contribution in [0.25, 0.3) is 33.6 Å². The third-order valence-electron chi connectivity index (χ3n) is 12.1. The Morgan fingerprint density at radius 2 is 1.59 bits per heavy atom. The van der Waals surface area contributed by atoms with Gasteiger partial charge in [0.15, 0.2) is 0 Å². The van der Waals surface area contributed by atoms with E-state index in [9.17, 15) is 10.1 Å². The Morgan fingerprint density at radius 3 is 2.33 bits per heavy atom. The molecule has 334 valence electrons. The Labute approximate surface area is 376 Å². The molecule has 1 N–H and O–H groups in total. The van der Waals surface area contributed by atoms with Crippen LogP contribution in [0.3, 0.4) is 0 Å².